The van der Waals surface area contributed by atoms with Crippen LogP contribution >= 0.6 is 0 Å². The smallest absolute Gasteiger partial charge is 0.251 e. The molecule has 0 spiro atoms. The van der Waals surface area contributed by atoms with Gasteiger partial charge in [0.2, 0.25) is 0 Å². The average molecular weight is 406 g/mol. The van der Waals surface area contributed by atoms with E-state index in [9.17, 15) is 4.79 Å². The number of amidine groups is 1. The molecule has 0 radical (unpaired) electrons. The number of carbonyl (C=O) groups excluding carboxylic acids is 1. The first kappa shape index (κ1) is 24.8. The highest BCUT2D eigenvalue weighted by atomic mass is 16.5. The summed E-state index contributed by atoms with van der Waals surface area (Å²) in [5.74, 6) is 0.532. The maximum absolute atomic E-state index is 12.4. The van der Waals surface area contributed by atoms with Gasteiger partial charge in [0, 0.05) is 5.56 Å². The van der Waals surface area contributed by atoms with Crippen molar-refractivity contribution in [3.05, 3.63) is 29.8 Å². The first-order valence-corrected chi connectivity index (χ1v) is 11.1. The summed E-state index contributed by atoms with van der Waals surface area (Å²) < 4.78 is 5.77. The van der Waals surface area contributed by atoms with Gasteiger partial charge >= 0.3 is 0 Å². The Morgan fingerprint density at radius 1 is 1.00 bits per heavy atom. The lowest BCUT2D eigenvalue weighted by atomic mass is 10.1. The number of unbranched alkanes of at least 4 members (excludes halogenated alkanes) is 8. The first-order valence-electron chi connectivity index (χ1n) is 11.1. The normalized spacial score (nSPS) is 12.6. The minimum atomic E-state index is -0.472. The van der Waals surface area contributed by atoms with Crippen molar-refractivity contribution >= 4 is 11.7 Å². The molecule has 1 unspecified atom stereocenters. The van der Waals surface area contributed by atoms with E-state index >= 15 is 0 Å². The number of nitrogens with zero attached hydrogens (tertiary/aromatic N) is 1. The van der Waals surface area contributed by atoms with E-state index in [0.29, 0.717) is 18.6 Å². The van der Waals surface area contributed by atoms with Crippen LogP contribution in [-0.2, 0) is 0 Å². The molecule has 6 nitrogen and oxygen atoms in total. The van der Waals surface area contributed by atoms with Crippen LogP contribution < -0.4 is 15.8 Å². The number of nitrogens with one attached hydrogen (secondary N) is 1. The molecule has 0 aliphatic heterocycles. The van der Waals surface area contributed by atoms with Crippen molar-refractivity contribution < 1.29 is 14.7 Å². The SMILES string of the molecule is CCCCCCCCCCCOc1ccc(C(=O)NC(CCC)/C(N)=N/O)cc1. The van der Waals surface area contributed by atoms with E-state index in [1.807, 2.05) is 6.92 Å². The van der Waals surface area contributed by atoms with Gasteiger partial charge < -0.3 is 21.0 Å². The van der Waals surface area contributed by atoms with Crippen molar-refractivity contribution in [2.75, 3.05) is 6.61 Å². The predicted octanol–water partition coefficient (Wildman–Crippen LogP) is 5.24. The summed E-state index contributed by atoms with van der Waals surface area (Å²) in [4.78, 5) is 12.4. The average Bonchev–Trinajstić information content (AvgIpc) is 2.74. The zero-order chi connectivity index (χ0) is 21.3. The minimum Gasteiger partial charge on any atom is -0.494 e. The summed E-state index contributed by atoms with van der Waals surface area (Å²) in [6, 6.07) is 6.61. The van der Waals surface area contributed by atoms with Gasteiger partial charge in [-0.3, -0.25) is 4.79 Å². The van der Waals surface area contributed by atoms with Crippen molar-refractivity contribution in [2.24, 2.45) is 10.9 Å². The lowest BCUT2D eigenvalue weighted by Crippen LogP contribution is -2.44. The van der Waals surface area contributed by atoms with Crippen LogP contribution in [0.3, 0.4) is 0 Å². The van der Waals surface area contributed by atoms with E-state index in [1.54, 1.807) is 24.3 Å². The summed E-state index contributed by atoms with van der Waals surface area (Å²) in [6.45, 7) is 4.92. The number of nitrogens with two attached hydrogens (primary N) is 1. The van der Waals surface area contributed by atoms with Crippen LogP contribution in [0.25, 0.3) is 0 Å². The molecule has 4 N–H and O–H groups in total. The number of ether oxygens (including phenoxy) is 1. The lowest BCUT2D eigenvalue weighted by Gasteiger charge is -2.16. The zero-order valence-electron chi connectivity index (χ0n) is 18.2. The summed E-state index contributed by atoms with van der Waals surface area (Å²) in [6.07, 6.45) is 13.0. The van der Waals surface area contributed by atoms with E-state index in [-0.39, 0.29) is 11.7 Å². The van der Waals surface area contributed by atoms with Crippen molar-refractivity contribution in [2.45, 2.75) is 90.5 Å². The number of hydrogen-bond donors (Lipinski definition) is 3. The second kappa shape index (κ2) is 15.7. The van der Waals surface area contributed by atoms with E-state index in [1.165, 1.54) is 51.4 Å². The predicted molar refractivity (Wildman–Crippen MR) is 119 cm³/mol. The number of benzene rings is 1. The van der Waals surface area contributed by atoms with Gasteiger partial charge in [-0.2, -0.15) is 0 Å². The fraction of sp³-hybridized carbons (Fsp3) is 0.652. The number of carbonyl (C=O) groups is 1. The highest BCUT2D eigenvalue weighted by Gasteiger charge is 2.17. The van der Waals surface area contributed by atoms with Crippen LogP contribution in [0.15, 0.2) is 29.4 Å². The zero-order valence-corrected chi connectivity index (χ0v) is 18.2. The molecule has 29 heavy (non-hydrogen) atoms. The maximum atomic E-state index is 12.4. The standard InChI is InChI=1S/C23H39N3O3/c1-3-5-6-7-8-9-10-11-12-18-29-20-16-14-19(15-17-20)23(27)25-21(13-4-2)22(24)26-28/h14-17,21,28H,3-13,18H2,1-2H3,(H2,24,26)(H,25,27). The van der Waals surface area contributed by atoms with Crippen molar-refractivity contribution in [1.29, 1.82) is 0 Å². The van der Waals surface area contributed by atoms with Crippen LogP contribution in [-0.4, -0.2) is 29.6 Å². The molecule has 0 heterocycles. The number of oxime groups is 1. The molecule has 0 saturated carbocycles. The van der Waals surface area contributed by atoms with Gasteiger partial charge in [0.25, 0.3) is 5.91 Å². The largest absolute Gasteiger partial charge is 0.494 e. The van der Waals surface area contributed by atoms with Crippen molar-refractivity contribution in [1.82, 2.24) is 5.32 Å². The molecular formula is C23H39N3O3. The van der Waals surface area contributed by atoms with Crippen molar-refractivity contribution in [3.8, 4) is 5.75 Å². The molecular weight excluding hydrogens is 366 g/mol. The Morgan fingerprint density at radius 3 is 2.14 bits per heavy atom. The van der Waals surface area contributed by atoms with Crippen LogP contribution in [0.4, 0.5) is 0 Å². The molecule has 0 fully saturated rings. The highest BCUT2D eigenvalue weighted by Crippen LogP contribution is 2.14. The Morgan fingerprint density at radius 2 is 1.59 bits per heavy atom. The third-order valence-electron chi connectivity index (χ3n) is 4.99. The molecule has 1 atom stereocenters. The molecule has 0 aliphatic rings. The third kappa shape index (κ3) is 10.8. The molecule has 0 aliphatic carbocycles. The molecule has 6 heteroatoms. The Hall–Kier alpha value is -2.24. The summed E-state index contributed by atoms with van der Waals surface area (Å²) >= 11 is 0. The van der Waals surface area contributed by atoms with Gasteiger partial charge in [0.05, 0.1) is 12.6 Å². The molecule has 1 aromatic rings. The molecule has 1 amide bonds. The topological polar surface area (TPSA) is 96.9 Å². The Labute approximate surface area is 175 Å². The number of amides is 1. The number of hydrogen-bond acceptors (Lipinski definition) is 4. The van der Waals surface area contributed by atoms with Gasteiger partial charge in [0.1, 0.15) is 5.75 Å². The van der Waals surface area contributed by atoms with Crippen LogP contribution in [0.1, 0.15) is 94.8 Å². The lowest BCUT2D eigenvalue weighted by molar-refractivity contribution is 0.0945. The maximum Gasteiger partial charge on any atom is 0.251 e. The Bertz CT molecular complexity index is 588. The van der Waals surface area contributed by atoms with Gasteiger partial charge in [-0.1, -0.05) is 76.8 Å². The monoisotopic (exact) mass is 405 g/mol. The van der Waals surface area contributed by atoms with Crippen LogP contribution in [0.5, 0.6) is 5.75 Å². The third-order valence-corrected chi connectivity index (χ3v) is 4.99. The van der Waals surface area contributed by atoms with Crippen LogP contribution in [0, 0.1) is 0 Å². The summed E-state index contributed by atoms with van der Waals surface area (Å²) in [5.41, 5.74) is 6.17. The molecule has 164 valence electrons. The fourth-order valence-corrected chi connectivity index (χ4v) is 3.20. The second-order valence-corrected chi connectivity index (χ2v) is 7.54. The fourth-order valence-electron chi connectivity index (χ4n) is 3.20. The van der Waals surface area contributed by atoms with Crippen LogP contribution in [0.2, 0.25) is 0 Å². The second-order valence-electron chi connectivity index (χ2n) is 7.54. The first-order chi connectivity index (χ1) is 14.1. The van der Waals surface area contributed by atoms with E-state index in [4.69, 9.17) is 15.7 Å². The summed E-state index contributed by atoms with van der Waals surface area (Å²) in [7, 11) is 0. The highest BCUT2D eigenvalue weighted by molar-refractivity contribution is 5.98. The molecule has 0 saturated heterocycles. The Kier molecular flexibility index (Phi) is 13.4. The van der Waals surface area contributed by atoms with Gasteiger partial charge in [0.15, 0.2) is 5.84 Å². The quantitative estimate of drug-likeness (QED) is 0.115. The van der Waals surface area contributed by atoms with E-state index in [0.717, 1.165) is 18.6 Å². The van der Waals surface area contributed by atoms with E-state index < -0.39 is 6.04 Å². The minimum absolute atomic E-state index is 0.0149. The van der Waals surface area contributed by atoms with Gasteiger partial charge in [-0.25, -0.2) is 0 Å². The molecule has 0 aromatic heterocycles. The van der Waals surface area contributed by atoms with Gasteiger partial charge in [-0.05, 0) is 37.1 Å². The number of rotatable bonds is 16. The molecule has 0 bridgehead atoms. The Balaban J connectivity index is 2.27. The van der Waals surface area contributed by atoms with E-state index in [2.05, 4.69) is 17.4 Å². The van der Waals surface area contributed by atoms with Crippen molar-refractivity contribution in [3.63, 3.8) is 0 Å². The van der Waals surface area contributed by atoms with Gasteiger partial charge in [-0.15, -0.1) is 0 Å². The summed E-state index contributed by atoms with van der Waals surface area (Å²) in [5, 5.41) is 14.6. The molecule has 1 rings (SSSR count). The molecule has 1 aromatic carbocycles.